The number of aryl methyl sites for hydroxylation is 2. The SMILES string of the molecule is CC[n+]1c(C)sc2cc(Cl)c(-c3ccccc3)cc21. The molecule has 96 valence electrons. The minimum atomic E-state index is 0.822. The highest BCUT2D eigenvalue weighted by molar-refractivity contribution is 7.18. The van der Waals surface area contributed by atoms with E-state index in [9.17, 15) is 0 Å². The van der Waals surface area contributed by atoms with Crippen LogP contribution in [-0.2, 0) is 6.54 Å². The van der Waals surface area contributed by atoms with Gasteiger partial charge in [-0.2, -0.15) is 4.57 Å². The summed E-state index contributed by atoms with van der Waals surface area (Å²) < 4.78 is 3.59. The number of thiazole rings is 1. The van der Waals surface area contributed by atoms with Gasteiger partial charge in [0.2, 0.25) is 10.5 Å². The number of halogens is 1. The molecular formula is C16H15ClNS+. The quantitative estimate of drug-likeness (QED) is 0.594. The lowest BCUT2D eigenvalue weighted by Gasteiger charge is -2.03. The molecule has 0 radical (unpaired) electrons. The first-order chi connectivity index (χ1) is 9.20. The maximum Gasteiger partial charge on any atom is 0.235 e. The van der Waals surface area contributed by atoms with E-state index >= 15 is 0 Å². The molecule has 0 fully saturated rings. The second-order valence-corrected chi connectivity index (χ2v) is 6.17. The van der Waals surface area contributed by atoms with Crippen molar-refractivity contribution >= 4 is 33.2 Å². The number of aromatic nitrogens is 1. The van der Waals surface area contributed by atoms with Crippen LogP contribution in [-0.4, -0.2) is 0 Å². The Bertz CT molecular complexity index is 731. The third-order valence-electron chi connectivity index (χ3n) is 3.38. The monoisotopic (exact) mass is 288 g/mol. The summed E-state index contributed by atoms with van der Waals surface area (Å²) in [7, 11) is 0. The van der Waals surface area contributed by atoms with Crippen LogP contribution in [0.3, 0.4) is 0 Å². The van der Waals surface area contributed by atoms with E-state index in [1.165, 1.54) is 20.8 Å². The minimum Gasteiger partial charge on any atom is -0.186 e. The lowest BCUT2D eigenvalue weighted by molar-refractivity contribution is -0.669. The van der Waals surface area contributed by atoms with Gasteiger partial charge in [0.1, 0.15) is 11.2 Å². The van der Waals surface area contributed by atoms with Crippen LogP contribution < -0.4 is 4.57 Å². The van der Waals surface area contributed by atoms with E-state index in [1.807, 2.05) is 18.2 Å². The van der Waals surface area contributed by atoms with Crippen LogP contribution in [0.25, 0.3) is 21.3 Å². The first-order valence-corrected chi connectivity index (χ1v) is 7.58. The molecule has 1 nitrogen and oxygen atoms in total. The Balaban J connectivity index is 2.29. The van der Waals surface area contributed by atoms with Crippen molar-refractivity contribution in [1.82, 2.24) is 0 Å². The average Bonchev–Trinajstić information content (AvgIpc) is 2.73. The highest BCUT2D eigenvalue weighted by Crippen LogP contribution is 2.33. The van der Waals surface area contributed by atoms with Gasteiger partial charge in [-0.15, -0.1) is 0 Å². The lowest BCUT2D eigenvalue weighted by atomic mass is 10.1. The smallest absolute Gasteiger partial charge is 0.186 e. The molecule has 1 heterocycles. The molecule has 0 saturated carbocycles. The molecule has 19 heavy (non-hydrogen) atoms. The van der Waals surface area contributed by atoms with Crippen LogP contribution in [0, 0.1) is 6.92 Å². The summed E-state index contributed by atoms with van der Waals surface area (Å²) in [4.78, 5) is 0. The Hall–Kier alpha value is -1.38. The summed E-state index contributed by atoms with van der Waals surface area (Å²) in [6.45, 7) is 5.32. The molecule has 0 aliphatic heterocycles. The molecule has 0 atom stereocenters. The van der Waals surface area contributed by atoms with Crippen molar-refractivity contribution < 1.29 is 4.57 Å². The van der Waals surface area contributed by atoms with Crippen LogP contribution in [0.4, 0.5) is 0 Å². The fourth-order valence-corrected chi connectivity index (χ4v) is 3.90. The Labute approximate surface area is 122 Å². The van der Waals surface area contributed by atoms with Crippen LogP contribution in [0.5, 0.6) is 0 Å². The van der Waals surface area contributed by atoms with E-state index in [4.69, 9.17) is 11.6 Å². The fraction of sp³-hybridized carbons (Fsp3) is 0.188. The van der Waals surface area contributed by atoms with Crippen molar-refractivity contribution in [2.75, 3.05) is 0 Å². The summed E-state index contributed by atoms with van der Waals surface area (Å²) in [5.41, 5.74) is 3.55. The zero-order valence-electron chi connectivity index (χ0n) is 11.0. The predicted octanol–water partition coefficient (Wildman–Crippen LogP) is 4.84. The number of hydrogen-bond donors (Lipinski definition) is 0. The second-order valence-electron chi connectivity index (χ2n) is 4.53. The number of hydrogen-bond acceptors (Lipinski definition) is 1. The molecule has 1 aromatic heterocycles. The normalized spacial score (nSPS) is 11.1. The molecule has 0 saturated heterocycles. The Morgan fingerprint density at radius 1 is 1.16 bits per heavy atom. The molecular weight excluding hydrogens is 274 g/mol. The maximum absolute atomic E-state index is 6.44. The van der Waals surface area contributed by atoms with E-state index in [-0.39, 0.29) is 0 Å². The minimum absolute atomic E-state index is 0.822. The molecule has 0 bridgehead atoms. The fourth-order valence-electron chi connectivity index (χ4n) is 2.45. The van der Waals surface area contributed by atoms with Gasteiger partial charge in [0.05, 0.1) is 5.02 Å². The molecule has 0 amide bonds. The molecule has 3 rings (SSSR count). The van der Waals surface area contributed by atoms with Crippen LogP contribution in [0.1, 0.15) is 11.9 Å². The third kappa shape index (κ3) is 2.15. The van der Waals surface area contributed by atoms with Gasteiger partial charge in [-0.05, 0) is 18.6 Å². The van der Waals surface area contributed by atoms with Crippen molar-refractivity contribution in [3.8, 4) is 11.1 Å². The zero-order chi connectivity index (χ0) is 13.4. The van der Waals surface area contributed by atoms with Crippen LogP contribution in [0.15, 0.2) is 42.5 Å². The highest BCUT2D eigenvalue weighted by atomic mass is 35.5. The van der Waals surface area contributed by atoms with E-state index in [0.717, 1.165) is 17.1 Å². The van der Waals surface area contributed by atoms with Gasteiger partial charge >= 0.3 is 0 Å². The Morgan fingerprint density at radius 2 is 1.89 bits per heavy atom. The van der Waals surface area contributed by atoms with Gasteiger partial charge in [-0.3, -0.25) is 0 Å². The molecule has 3 heteroatoms. The van der Waals surface area contributed by atoms with Crippen molar-refractivity contribution in [3.05, 3.63) is 52.5 Å². The maximum atomic E-state index is 6.44. The largest absolute Gasteiger partial charge is 0.235 e. The van der Waals surface area contributed by atoms with Crippen molar-refractivity contribution in [2.24, 2.45) is 0 Å². The third-order valence-corrected chi connectivity index (χ3v) is 4.75. The summed E-state index contributed by atoms with van der Waals surface area (Å²) in [5, 5.41) is 2.14. The molecule has 0 unspecified atom stereocenters. The van der Waals surface area contributed by atoms with Gasteiger partial charge in [0, 0.05) is 18.6 Å². The topological polar surface area (TPSA) is 3.88 Å². The first kappa shape index (κ1) is 12.6. The first-order valence-electron chi connectivity index (χ1n) is 6.38. The van der Waals surface area contributed by atoms with E-state index < -0.39 is 0 Å². The summed E-state index contributed by atoms with van der Waals surface area (Å²) in [5.74, 6) is 0. The Morgan fingerprint density at radius 3 is 2.58 bits per heavy atom. The molecule has 3 aromatic rings. The van der Waals surface area contributed by atoms with E-state index in [2.05, 4.69) is 42.7 Å². The molecule has 0 N–H and O–H groups in total. The van der Waals surface area contributed by atoms with Gasteiger partial charge in [-0.25, -0.2) is 0 Å². The van der Waals surface area contributed by atoms with Gasteiger partial charge in [0.25, 0.3) is 0 Å². The van der Waals surface area contributed by atoms with Gasteiger partial charge in [0.15, 0.2) is 0 Å². The number of fused-ring (bicyclic) bond motifs is 1. The van der Waals surface area contributed by atoms with Crippen molar-refractivity contribution in [2.45, 2.75) is 20.4 Å². The standard InChI is InChI=1S/C16H15ClNS/c1-3-18-11(2)19-16-10-14(17)13(9-15(16)18)12-7-5-4-6-8-12/h4-10H,3H2,1-2H3/q+1. The molecule has 2 aromatic carbocycles. The zero-order valence-corrected chi connectivity index (χ0v) is 12.6. The predicted molar refractivity (Wildman–Crippen MR) is 82.9 cm³/mol. The number of rotatable bonds is 2. The second kappa shape index (κ2) is 4.95. The summed E-state index contributed by atoms with van der Waals surface area (Å²) >= 11 is 8.24. The molecule has 0 spiro atoms. The van der Waals surface area contributed by atoms with Crippen molar-refractivity contribution in [1.29, 1.82) is 0 Å². The van der Waals surface area contributed by atoms with Gasteiger partial charge < -0.3 is 0 Å². The summed E-state index contributed by atoms with van der Waals surface area (Å²) in [6, 6.07) is 14.6. The van der Waals surface area contributed by atoms with E-state index in [0.29, 0.717) is 0 Å². The van der Waals surface area contributed by atoms with E-state index in [1.54, 1.807) is 11.3 Å². The Kier molecular flexibility index (Phi) is 3.29. The van der Waals surface area contributed by atoms with Crippen molar-refractivity contribution in [3.63, 3.8) is 0 Å². The van der Waals surface area contributed by atoms with Crippen LogP contribution >= 0.6 is 22.9 Å². The lowest BCUT2D eigenvalue weighted by Crippen LogP contribution is -2.33. The average molecular weight is 289 g/mol. The molecule has 0 aliphatic rings. The molecule has 0 aliphatic carbocycles. The van der Waals surface area contributed by atoms with Gasteiger partial charge in [-0.1, -0.05) is 53.3 Å². The summed E-state index contributed by atoms with van der Waals surface area (Å²) in [6.07, 6.45) is 0. The highest BCUT2D eigenvalue weighted by Gasteiger charge is 2.18. The van der Waals surface area contributed by atoms with Crippen LogP contribution in [0.2, 0.25) is 5.02 Å². The number of nitrogens with zero attached hydrogens (tertiary/aromatic N) is 1. The number of benzene rings is 2.